The second kappa shape index (κ2) is 5.45. The van der Waals surface area contributed by atoms with Gasteiger partial charge in [0.1, 0.15) is 11.3 Å². The van der Waals surface area contributed by atoms with Gasteiger partial charge < -0.3 is 9.15 Å². The zero-order valence-corrected chi connectivity index (χ0v) is 14.4. The Balaban J connectivity index is 1.41. The van der Waals surface area contributed by atoms with E-state index in [9.17, 15) is 9.59 Å². The minimum Gasteiger partial charge on any atom is -0.426 e. The van der Waals surface area contributed by atoms with E-state index in [1.54, 1.807) is 12.1 Å². The molecule has 4 aliphatic rings. The largest absolute Gasteiger partial charge is 0.426 e. The van der Waals surface area contributed by atoms with Crippen LogP contribution in [0.4, 0.5) is 0 Å². The molecule has 1 aromatic heterocycles. The van der Waals surface area contributed by atoms with Crippen molar-refractivity contribution in [2.75, 3.05) is 0 Å². The van der Waals surface area contributed by atoms with E-state index in [4.69, 9.17) is 9.15 Å². The molecule has 25 heavy (non-hydrogen) atoms. The van der Waals surface area contributed by atoms with Crippen molar-refractivity contribution in [2.45, 2.75) is 39.0 Å². The Bertz CT molecular complexity index is 882. The molecule has 2 aromatic rings. The highest BCUT2D eigenvalue weighted by atomic mass is 16.5. The fourth-order valence-electron chi connectivity index (χ4n) is 5.86. The van der Waals surface area contributed by atoms with Crippen LogP contribution in [0.2, 0.25) is 0 Å². The Kier molecular flexibility index (Phi) is 3.31. The highest BCUT2D eigenvalue weighted by Crippen LogP contribution is 2.56. The third kappa shape index (κ3) is 2.50. The molecule has 0 aliphatic heterocycles. The van der Waals surface area contributed by atoms with Crippen molar-refractivity contribution in [3.05, 3.63) is 40.2 Å². The molecule has 4 bridgehead atoms. The van der Waals surface area contributed by atoms with E-state index in [2.05, 4.69) is 0 Å². The summed E-state index contributed by atoms with van der Waals surface area (Å²) < 4.78 is 11.0. The summed E-state index contributed by atoms with van der Waals surface area (Å²) in [6, 6.07) is 6.79. The average molecular weight is 338 g/mol. The minimum atomic E-state index is -0.380. The zero-order valence-electron chi connectivity index (χ0n) is 14.4. The van der Waals surface area contributed by atoms with Gasteiger partial charge in [-0.05, 0) is 80.4 Å². The molecule has 0 atom stereocenters. The van der Waals surface area contributed by atoms with E-state index in [0.29, 0.717) is 23.2 Å². The predicted molar refractivity (Wildman–Crippen MR) is 93.4 cm³/mol. The normalized spacial score (nSPS) is 32.9. The third-order valence-electron chi connectivity index (χ3n) is 6.64. The van der Waals surface area contributed by atoms with Gasteiger partial charge >= 0.3 is 11.6 Å². The Labute approximate surface area is 146 Å². The number of rotatable bonds is 2. The van der Waals surface area contributed by atoms with Gasteiger partial charge in [0.2, 0.25) is 0 Å². The molecule has 0 amide bonds. The van der Waals surface area contributed by atoms with Crippen LogP contribution in [0.25, 0.3) is 11.0 Å². The number of benzene rings is 1. The van der Waals surface area contributed by atoms with Crippen LogP contribution >= 0.6 is 0 Å². The van der Waals surface area contributed by atoms with Crippen molar-refractivity contribution in [3.8, 4) is 5.75 Å². The van der Waals surface area contributed by atoms with Gasteiger partial charge in [0.05, 0.1) is 5.92 Å². The SMILES string of the molecule is Cc1cc(=O)oc2cc(OC(=O)C3C4CC5CC(C4)CC3C5)ccc12. The number of aryl methyl sites for hydroxylation is 1. The lowest BCUT2D eigenvalue weighted by Gasteiger charge is -2.53. The number of carbonyl (C=O) groups is 1. The van der Waals surface area contributed by atoms with Gasteiger partial charge in [-0.15, -0.1) is 0 Å². The molecule has 1 heterocycles. The van der Waals surface area contributed by atoms with Crippen LogP contribution < -0.4 is 10.4 Å². The molecule has 1 aromatic carbocycles. The second-order valence-electron chi connectivity index (χ2n) is 8.28. The lowest BCUT2D eigenvalue weighted by Crippen LogP contribution is -2.49. The molecular weight excluding hydrogens is 316 g/mol. The van der Waals surface area contributed by atoms with Gasteiger partial charge in [0.25, 0.3) is 0 Å². The van der Waals surface area contributed by atoms with Crippen molar-refractivity contribution in [2.24, 2.45) is 29.6 Å². The highest BCUT2D eigenvalue weighted by Gasteiger charge is 2.51. The molecule has 130 valence electrons. The monoisotopic (exact) mass is 338 g/mol. The molecule has 0 radical (unpaired) electrons. The number of ether oxygens (including phenoxy) is 1. The second-order valence-corrected chi connectivity index (χ2v) is 8.28. The lowest BCUT2D eigenvalue weighted by atomic mass is 9.52. The van der Waals surface area contributed by atoms with Crippen LogP contribution in [0.15, 0.2) is 33.5 Å². The van der Waals surface area contributed by atoms with Crippen molar-refractivity contribution in [1.82, 2.24) is 0 Å². The summed E-state index contributed by atoms with van der Waals surface area (Å²) in [5, 5.41) is 0.869. The van der Waals surface area contributed by atoms with E-state index in [1.165, 1.54) is 38.2 Å². The first-order valence-corrected chi connectivity index (χ1v) is 9.33. The van der Waals surface area contributed by atoms with E-state index in [1.807, 2.05) is 13.0 Å². The summed E-state index contributed by atoms with van der Waals surface area (Å²) in [6.45, 7) is 1.87. The first-order valence-electron chi connectivity index (χ1n) is 9.33. The maximum atomic E-state index is 12.9. The van der Waals surface area contributed by atoms with E-state index >= 15 is 0 Å². The van der Waals surface area contributed by atoms with Crippen LogP contribution in [-0.4, -0.2) is 5.97 Å². The third-order valence-corrected chi connectivity index (χ3v) is 6.64. The van der Waals surface area contributed by atoms with Crippen LogP contribution in [0.1, 0.15) is 37.7 Å². The van der Waals surface area contributed by atoms with Crippen molar-refractivity contribution < 1.29 is 13.9 Å². The van der Waals surface area contributed by atoms with Crippen LogP contribution in [0, 0.1) is 36.5 Å². The van der Waals surface area contributed by atoms with Crippen LogP contribution in [0.5, 0.6) is 5.75 Å². The Morgan fingerprint density at radius 1 is 1.04 bits per heavy atom. The van der Waals surface area contributed by atoms with Crippen molar-refractivity contribution >= 4 is 16.9 Å². The van der Waals surface area contributed by atoms with E-state index < -0.39 is 0 Å². The van der Waals surface area contributed by atoms with Crippen molar-refractivity contribution in [1.29, 1.82) is 0 Å². The van der Waals surface area contributed by atoms with Crippen molar-refractivity contribution in [3.63, 3.8) is 0 Å². The number of hydrogen-bond acceptors (Lipinski definition) is 4. The van der Waals surface area contributed by atoms with Gasteiger partial charge in [-0.25, -0.2) is 4.79 Å². The molecule has 0 spiro atoms. The van der Waals surface area contributed by atoms with Crippen LogP contribution in [0.3, 0.4) is 0 Å². The molecule has 6 rings (SSSR count). The fourth-order valence-corrected chi connectivity index (χ4v) is 5.86. The molecular formula is C21H22O4. The Morgan fingerprint density at radius 3 is 2.40 bits per heavy atom. The van der Waals surface area contributed by atoms with E-state index in [-0.39, 0.29) is 17.5 Å². The highest BCUT2D eigenvalue weighted by molar-refractivity contribution is 5.83. The summed E-state index contributed by atoms with van der Waals surface area (Å²) in [7, 11) is 0. The molecule has 4 fully saturated rings. The first kappa shape index (κ1) is 15.2. The molecule has 4 aliphatic carbocycles. The maximum Gasteiger partial charge on any atom is 0.336 e. The lowest BCUT2D eigenvalue weighted by molar-refractivity contribution is -0.152. The first-order chi connectivity index (χ1) is 12.1. The number of fused-ring (bicyclic) bond motifs is 1. The van der Waals surface area contributed by atoms with Gasteiger partial charge in [-0.3, -0.25) is 4.79 Å². The molecule has 0 saturated heterocycles. The average Bonchev–Trinajstić information content (AvgIpc) is 2.53. The summed E-state index contributed by atoms with van der Waals surface area (Å²) in [5.74, 6) is 3.11. The zero-order chi connectivity index (χ0) is 17.1. The number of hydrogen-bond donors (Lipinski definition) is 0. The number of carbonyl (C=O) groups excluding carboxylic acids is 1. The van der Waals surface area contributed by atoms with Gasteiger partial charge in [0, 0.05) is 17.5 Å². The van der Waals surface area contributed by atoms with E-state index in [0.717, 1.165) is 22.8 Å². The summed E-state index contributed by atoms with van der Waals surface area (Å²) in [4.78, 5) is 24.4. The number of esters is 1. The predicted octanol–water partition coefficient (Wildman–Crippen LogP) is 4.08. The molecule has 4 saturated carbocycles. The van der Waals surface area contributed by atoms with Gasteiger partial charge in [0.15, 0.2) is 0 Å². The molecule has 4 heteroatoms. The minimum absolute atomic E-state index is 0.0491. The molecule has 0 unspecified atom stereocenters. The summed E-state index contributed by atoms with van der Waals surface area (Å²) in [6.07, 6.45) is 6.14. The summed E-state index contributed by atoms with van der Waals surface area (Å²) >= 11 is 0. The Morgan fingerprint density at radius 2 is 1.72 bits per heavy atom. The summed E-state index contributed by atoms with van der Waals surface area (Å²) in [5.41, 5.74) is 0.958. The molecule has 4 nitrogen and oxygen atoms in total. The quantitative estimate of drug-likeness (QED) is 0.470. The smallest absolute Gasteiger partial charge is 0.336 e. The maximum absolute atomic E-state index is 12.9. The Hall–Kier alpha value is -2.10. The van der Waals surface area contributed by atoms with Gasteiger partial charge in [-0.1, -0.05) is 0 Å². The standard InChI is InChI=1S/C21H22O4/c1-11-4-19(22)25-18-10-16(2-3-17(11)18)24-21(23)20-14-6-12-5-13(8-14)9-15(20)7-12/h2-4,10,12-15,20H,5-9H2,1H3. The fraction of sp³-hybridized carbons (Fsp3) is 0.524. The molecule has 0 N–H and O–H groups in total. The topological polar surface area (TPSA) is 56.5 Å². The van der Waals surface area contributed by atoms with Crippen LogP contribution in [-0.2, 0) is 4.79 Å². The van der Waals surface area contributed by atoms with Gasteiger partial charge in [-0.2, -0.15) is 0 Å².